The Balaban J connectivity index is 0.000000165. The number of rotatable bonds is 4. The molecule has 0 saturated heterocycles. The standard InChI is InChI=1S/C42H64Si.C42H56Si.2CH3.2ClH.Zr/c2*1-23-13-25-27-15-39(3,4)17-29(27)31-19-41(7,8)21-33(31)35(25)37(23)43(11,12)38-24(2)14-26-28-16-40(5,6)18-30(28)32-20-42(9,10)22-34(32)36(26)38;;;;;/h23-26,35-38H,13-22H2,1-12H3;13-14,37-38H,15-22H2,1-12H3;2*1H3;2*1H;/q;;2*-1;;;+4/p-2. The van der Waals surface area contributed by atoms with Crippen LogP contribution in [-0.4, -0.2) is 16.1 Å². The fourth-order valence-electron chi connectivity index (χ4n) is 26.4. The summed E-state index contributed by atoms with van der Waals surface area (Å²) in [5.74, 6) is 5.22. The van der Waals surface area contributed by atoms with Gasteiger partial charge in [-0.1, -0.05) is 196 Å². The van der Waals surface area contributed by atoms with Crippen LogP contribution in [-0.2, 0) is 72.2 Å². The van der Waals surface area contributed by atoms with Crippen LogP contribution >= 0.6 is 17.0 Å². The summed E-state index contributed by atoms with van der Waals surface area (Å²) in [7, 11) is 6.29. The number of allylic oxidation sites excluding steroid dienone is 10. The first-order chi connectivity index (χ1) is 41.0. The van der Waals surface area contributed by atoms with Gasteiger partial charge in [-0.05, 0) is 308 Å². The Morgan fingerprint density at radius 2 is 0.593 bits per heavy atom. The van der Waals surface area contributed by atoms with Crippen molar-refractivity contribution in [2.75, 3.05) is 0 Å². The third-order valence-electron chi connectivity index (χ3n) is 28.1. The van der Waals surface area contributed by atoms with Crippen LogP contribution in [0, 0.1) is 93.7 Å². The molecule has 0 aliphatic heterocycles. The molecule has 0 aromatic heterocycles. The molecule has 10 unspecified atom stereocenters. The van der Waals surface area contributed by atoms with Crippen LogP contribution in [0.2, 0.25) is 37.3 Å². The van der Waals surface area contributed by atoms with E-state index in [0.29, 0.717) is 54.4 Å². The molecule has 2 saturated carbocycles. The molecular weight excluding hydrogens is 1250 g/mol. The van der Waals surface area contributed by atoms with Gasteiger partial charge in [-0.2, -0.15) is 0 Å². The molecule has 0 nitrogen and oxygen atoms in total. The second-order valence-corrected chi connectivity index (χ2v) is 55.2. The van der Waals surface area contributed by atoms with Crippen LogP contribution in [0.1, 0.15) is 281 Å². The van der Waals surface area contributed by atoms with E-state index in [0.717, 1.165) is 46.6 Å². The minimum absolute atomic E-state index is 0. The summed E-state index contributed by atoms with van der Waals surface area (Å²) in [6, 6.07) is 0. The minimum atomic E-state index is -1.92. The quantitative estimate of drug-likeness (QED) is 0.211. The van der Waals surface area contributed by atoms with Crippen molar-refractivity contribution in [3.63, 3.8) is 0 Å². The molecule has 2 aromatic carbocycles. The molecule has 0 heterocycles. The molecule has 10 atom stereocenters. The van der Waals surface area contributed by atoms with E-state index in [9.17, 15) is 0 Å². The van der Waals surface area contributed by atoms with Crippen molar-refractivity contribution in [1.29, 1.82) is 0 Å². The summed E-state index contributed by atoms with van der Waals surface area (Å²) >= 11 is -0.826. The molecule has 16 rings (SSSR count). The topological polar surface area (TPSA) is 0 Å². The molecule has 2 fully saturated rings. The van der Waals surface area contributed by atoms with E-state index in [4.69, 9.17) is 17.0 Å². The van der Waals surface area contributed by atoms with Crippen LogP contribution in [0.3, 0.4) is 0 Å². The van der Waals surface area contributed by atoms with E-state index in [1.54, 1.807) is 66.8 Å². The molecule has 2 aromatic rings. The Kier molecular flexibility index (Phi) is 16.9. The number of halogens is 2. The van der Waals surface area contributed by atoms with Crippen LogP contribution in [0.4, 0.5) is 0 Å². The van der Waals surface area contributed by atoms with E-state index in [1.165, 1.54) is 116 Å². The Morgan fingerprint density at radius 1 is 0.352 bits per heavy atom. The van der Waals surface area contributed by atoms with Gasteiger partial charge >= 0.3 is 37.9 Å². The van der Waals surface area contributed by atoms with Gasteiger partial charge in [0.25, 0.3) is 0 Å². The van der Waals surface area contributed by atoms with Gasteiger partial charge in [0.15, 0.2) is 0 Å². The molecule has 14 aliphatic carbocycles. The molecule has 0 amide bonds. The predicted molar refractivity (Wildman–Crippen MR) is 399 cm³/mol. The summed E-state index contributed by atoms with van der Waals surface area (Å²) in [6.07, 6.45) is 29.4. The van der Waals surface area contributed by atoms with Crippen molar-refractivity contribution >= 4 is 45.3 Å². The van der Waals surface area contributed by atoms with Gasteiger partial charge < -0.3 is 14.9 Å². The van der Waals surface area contributed by atoms with Crippen LogP contribution < -0.4 is 0 Å². The number of hydrogen-bond donors (Lipinski definition) is 0. The first-order valence-corrected chi connectivity index (χ1v) is 49.2. The zero-order valence-corrected chi connectivity index (χ0v) is 68.9. The average molecular weight is 1380 g/mol. The van der Waals surface area contributed by atoms with E-state index < -0.39 is 37.0 Å². The van der Waals surface area contributed by atoms with Gasteiger partial charge in [-0.25, -0.2) is 0 Å². The van der Waals surface area contributed by atoms with E-state index in [-0.39, 0.29) is 14.9 Å². The fraction of sp³-hybridized carbons (Fsp3) is 0.698. The zero-order chi connectivity index (χ0) is 64.3. The summed E-state index contributed by atoms with van der Waals surface area (Å²) in [6.45, 7) is 62.8. The third-order valence-corrected chi connectivity index (χ3v) is 37.9. The van der Waals surface area contributed by atoms with E-state index in [2.05, 4.69) is 177 Å². The second kappa shape index (κ2) is 22.1. The Morgan fingerprint density at radius 3 is 0.901 bits per heavy atom. The molecule has 0 radical (unpaired) electrons. The van der Waals surface area contributed by atoms with Crippen molar-refractivity contribution < 1.29 is 20.8 Å². The maximum atomic E-state index is 4.93. The molecule has 5 heteroatoms. The summed E-state index contributed by atoms with van der Waals surface area (Å²) in [5.41, 5.74) is 46.5. The van der Waals surface area contributed by atoms with Gasteiger partial charge in [0.05, 0.1) is 16.1 Å². The van der Waals surface area contributed by atoms with Crippen molar-refractivity contribution in [3.05, 3.63) is 137 Å². The normalized spacial score (nSPS) is 33.7. The average Bonchev–Trinajstić information content (AvgIpc) is 1.56. The van der Waals surface area contributed by atoms with Crippen LogP contribution in [0.25, 0.3) is 12.2 Å². The van der Waals surface area contributed by atoms with Crippen LogP contribution in [0.15, 0.2) is 55.7 Å². The SMILES string of the molecule is CC1=Cc2c3c(c4c(c2C1[Si](C)(C)C1C(C)=Cc2c5c(c6c(c21)CC(C)(C)C6)CC(C)(C)C5)CC(C)(C)C4)CC(C)(C)C3.CC1CC2C3=C(CC(C)(C)C3)C3=C(CC(C)(C)C3)C2C1[Si](C)(C)C1C(C)CC2C3=C(CC(C)(C)C3)C3=C(CC(C)(C)C3)C21.[CH3-].[CH3-].[Cl][Zr+2][Cl]. The van der Waals surface area contributed by atoms with Crippen molar-refractivity contribution in [2.45, 2.75) is 302 Å². The number of benzene rings is 2. The monoisotopic (exact) mass is 1370 g/mol. The number of hydrogen-bond acceptors (Lipinski definition) is 0. The summed E-state index contributed by atoms with van der Waals surface area (Å²) < 4.78 is 0. The molecule has 496 valence electrons. The van der Waals surface area contributed by atoms with Gasteiger partial charge in [0, 0.05) is 11.1 Å². The molecule has 0 spiro atoms. The van der Waals surface area contributed by atoms with Crippen molar-refractivity contribution in [2.24, 2.45) is 78.8 Å². The first kappa shape index (κ1) is 69.7. The third kappa shape index (κ3) is 11.0. The molecular formula is C86H126Cl2Si2Zr. The second-order valence-electron chi connectivity index (χ2n) is 41.7. The zero-order valence-electron chi connectivity index (χ0n) is 62.9. The summed E-state index contributed by atoms with van der Waals surface area (Å²) in [4.78, 5) is 0. The predicted octanol–water partition coefficient (Wildman–Crippen LogP) is 25.4. The molecule has 91 heavy (non-hydrogen) atoms. The van der Waals surface area contributed by atoms with Crippen LogP contribution in [0.5, 0.6) is 0 Å². The van der Waals surface area contributed by atoms with Gasteiger partial charge in [0.2, 0.25) is 0 Å². The summed E-state index contributed by atoms with van der Waals surface area (Å²) in [5, 5.41) is 0. The molecule has 0 bridgehead atoms. The maximum absolute atomic E-state index is 4.93. The Labute approximate surface area is 579 Å². The van der Waals surface area contributed by atoms with E-state index in [1.807, 2.05) is 55.7 Å². The fourth-order valence-corrected chi connectivity index (χ4v) is 37.8. The van der Waals surface area contributed by atoms with Crippen molar-refractivity contribution in [3.8, 4) is 0 Å². The first-order valence-electron chi connectivity index (χ1n) is 36.6. The molecule has 0 N–H and O–H groups in total. The number of fused-ring (bicyclic) bond motifs is 20. The van der Waals surface area contributed by atoms with Crippen molar-refractivity contribution in [1.82, 2.24) is 0 Å². The van der Waals surface area contributed by atoms with E-state index >= 15 is 0 Å². The Hall–Kier alpha value is -1.22. The Bertz CT molecular complexity index is 3400. The molecule has 14 aliphatic rings. The van der Waals surface area contributed by atoms with Gasteiger partial charge in [-0.15, -0.1) is 0 Å². The van der Waals surface area contributed by atoms with Gasteiger partial charge in [-0.3, -0.25) is 0 Å². The van der Waals surface area contributed by atoms with Gasteiger partial charge in [0.1, 0.15) is 0 Å².